The Morgan fingerprint density at radius 2 is 1.86 bits per heavy atom. The maximum absolute atomic E-state index is 12.1. The lowest BCUT2D eigenvalue weighted by Gasteiger charge is -2.12. The summed E-state index contributed by atoms with van der Waals surface area (Å²) in [4.78, 5) is 16.7. The average molecular weight is 300 g/mol. The molecule has 0 amide bonds. The number of aromatic nitrogens is 4. The normalized spacial score (nSPS) is 13.0. The van der Waals surface area contributed by atoms with Crippen LogP contribution in [-0.2, 0) is 11.2 Å². The number of hydrogen-bond donors (Lipinski definition) is 1. The first-order valence-electron chi connectivity index (χ1n) is 6.79. The van der Waals surface area contributed by atoms with E-state index in [1.165, 1.54) is 0 Å². The molecule has 5 nitrogen and oxygen atoms in total. The zero-order valence-corrected chi connectivity index (χ0v) is 12.7. The highest BCUT2D eigenvalue weighted by Crippen LogP contribution is 2.21. The Bertz CT molecular complexity index is 706. The number of benzene rings is 1. The Kier molecular flexibility index (Phi) is 3.90. The molecule has 0 radical (unpaired) electrons. The van der Waals surface area contributed by atoms with Crippen molar-refractivity contribution in [1.82, 2.24) is 19.9 Å². The Hall–Kier alpha value is -1.92. The minimum Gasteiger partial charge on any atom is -0.611 e. The summed E-state index contributed by atoms with van der Waals surface area (Å²) >= 11 is -0.948. The Balaban J connectivity index is 1.86. The van der Waals surface area contributed by atoms with E-state index in [1.54, 1.807) is 12.4 Å². The van der Waals surface area contributed by atoms with E-state index in [9.17, 15) is 4.55 Å². The van der Waals surface area contributed by atoms with E-state index >= 15 is 0 Å². The summed E-state index contributed by atoms with van der Waals surface area (Å²) in [5, 5.41) is 0. The van der Waals surface area contributed by atoms with Gasteiger partial charge in [0, 0.05) is 18.0 Å². The molecule has 0 fully saturated rings. The van der Waals surface area contributed by atoms with Gasteiger partial charge in [0.1, 0.15) is 11.6 Å². The van der Waals surface area contributed by atoms with Gasteiger partial charge in [-0.25, -0.2) is 15.0 Å². The standard InChI is InChI=1S/C15H16N4OS/c1-10(2)9-21(20)12-5-3-11(4-6-12)13-18-14-15(19-13)17-8-7-16-14/h3-8,10H,9H2,1-2H3,(H,16,17,18,19). The number of hydrogen-bond acceptors (Lipinski definition) is 4. The van der Waals surface area contributed by atoms with Crippen molar-refractivity contribution < 1.29 is 4.55 Å². The zero-order valence-electron chi connectivity index (χ0n) is 11.9. The fourth-order valence-corrected chi connectivity index (χ4v) is 3.28. The molecule has 0 aliphatic carbocycles. The Morgan fingerprint density at radius 3 is 2.52 bits per heavy atom. The molecule has 2 heterocycles. The fourth-order valence-electron chi connectivity index (χ4n) is 2.05. The molecule has 21 heavy (non-hydrogen) atoms. The van der Waals surface area contributed by atoms with Gasteiger partial charge in [-0.2, -0.15) is 0 Å². The van der Waals surface area contributed by atoms with Crippen molar-refractivity contribution in [2.45, 2.75) is 18.7 Å². The third-order valence-corrected chi connectivity index (χ3v) is 4.78. The quantitative estimate of drug-likeness (QED) is 0.752. The fraction of sp³-hybridized carbons (Fsp3) is 0.267. The van der Waals surface area contributed by atoms with Crippen LogP contribution < -0.4 is 0 Å². The van der Waals surface area contributed by atoms with Gasteiger partial charge in [0.05, 0.1) is 0 Å². The second-order valence-electron chi connectivity index (χ2n) is 5.24. The SMILES string of the molecule is CC(C)C[S+]([O-])c1ccc(-c2nc3nccnc3[nH]2)cc1. The maximum atomic E-state index is 12.1. The van der Waals surface area contributed by atoms with Crippen LogP contribution in [0.3, 0.4) is 0 Å². The first kappa shape index (κ1) is 14.0. The van der Waals surface area contributed by atoms with E-state index in [2.05, 4.69) is 33.8 Å². The van der Waals surface area contributed by atoms with Crippen LogP contribution in [0, 0.1) is 5.92 Å². The number of nitrogens with one attached hydrogen (secondary N) is 1. The Morgan fingerprint density at radius 1 is 1.14 bits per heavy atom. The molecule has 0 saturated heterocycles. The van der Waals surface area contributed by atoms with Gasteiger partial charge in [0.2, 0.25) is 0 Å². The van der Waals surface area contributed by atoms with Crippen LogP contribution in [0.15, 0.2) is 41.6 Å². The van der Waals surface area contributed by atoms with Crippen molar-refractivity contribution in [3.63, 3.8) is 0 Å². The van der Waals surface area contributed by atoms with Crippen molar-refractivity contribution in [3.05, 3.63) is 36.7 Å². The highest BCUT2D eigenvalue weighted by atomic mass is 32.2. The molecule has 0 aliphatic rings. The summed E-state index contributed by atoms with van der Waals surface area (Å²) in [6, 6.07) is 7.63. The molecule has 3 rings (SSSR count). The summed E-state index contributed by atoms with van der Waals surface area (Å²) in [5.74, 6) is 1.81. The molecule has 0 saturated carbocycles. The average Bonchev–Trinajstić information content (AvgIpc) is 2.90. The second-order valence-corrected chi connectivity index (χ2v) is 6.74. The first-order valence-corrected chi connectivity index (χ1v) is 8.11. The highest BCUT2D eigenvalue weighted by molar-refractivity contribution is 7.91. The molecule has 0 aliphatic heterocycles. The largest absolute Gasteiger partial charge is 0.611 e. The summed E-state index contributed by atoms with van der Waals surface area (Å²) in [6.07, 6.45) is 3.24. The lowest BCUT2D eigenvalue weighted by atomic mass is 10.2. The summed E-state index contributed by atoms with van der Waals surface area (Å²) in [6.45, 7) is 4.14. The molecule has 1 aromatic carbocycles. The number of nitrogens with zero attached hydrogens (tertiary/aromatic N) is 3. The van der Waals surface area contributed by atoms with E-state index in [-0.39, 0.29) is 0 Å². The van der Waals surface area contributed by atoms with Crippen LogP contribution in [0.2, 0.25) is 0 Å². The number of H-pyrrole nitrogens is 1. The number of imidazole rings is 1. The van der Waals surface area contributed by atoms with Gasteiger partial charge in [0.15, 0.2) is 16.2 Å². The third kappa shape index (κ3) is 3.06. The van der Waals surface area contributed by atoms with Gasteiger partial charge in [-0.3, -0.25) is 0 Å². The molecule has 108 valence electrons. The van der Waals surface area contributed by atoms with E-state index in [1.807, 2.05) is 24.3 Å². The monoisotopic (exact) mass is 300 g/mol. The van der Waals surface area contributed by atoms with Crippen molar-refractivity contribution in [2.75, 3.05) is 5.75 Å². The van der Waals surface area contributed by atoms with Gasteiger partial charge >= 0.3 is 0 Å². The minimum atomic E-state index is -0.948. The Labute approximate surface area is 126 Å². The van der Waals surface area contributed by atoms with Crippen LogP contribution in [0.25, 0.3) is 22.7 Å². The van der Waals surface area contributed by atoms with Gasteiger partial charge in [-0.1, -0.05) is 13.8 Å². The first-order chi connectivity index (χ1) is 10.1. The molecule has 3 aromatic rings. The van der Waals surface area contributed by atoms with Crippen LogP contribution in [0.1, 0.15) is 13.8 Å². The predicted molar refractivity (Wildman–Crippen MR) is 83.2 cm³/mol. The number of rotatable bonds is 4. The minimum absolute atomic E-state index is 0.415. The molecule has 1 N–H and O–H groups in total. The smallest absolute Gasteiger partial charge is 0.197 e. The maximum Gasteiger partial charge on any atom is 0.197 e. The van der Waals surface area contributed by atoms with Crippen molar-refractivity contribution in [2.24, 2.45) is 5.92 Å². The van der Waals surface area contributed by atoms with Crippen molar-refractivity contribution >= 4 is 22.5 Å². The summed E-state index contributed by atoms with van der Waals surface area (Å²) in [5.41, 5.74) is 2.19. The lowest BCUT2D eigenvalue weighted by Crippen LogP contribution is -2.11. The van der Waals surface area contributed by atoms with Crippen molar-refractivity contribution in [1.29, 1.82) is 0 Å². The van der Waals surface area contributed by atoms with Gasteiger partial charge in [-0.15, -0.1) is 0 Å². The molecule has 6 heteroatoms. The second kappa shape index (κ2) is 5.83. The van der Waals surface area contributed by atoms with Gasteiger partial charge < -0.3 is 9.54 Å². The topological polar surface area (TPSA) is 77.5 Å². The van der Waals surface area contributed by atoms with E-state index < -0.39 is 11.2 Å². The third-order valence-electron chi connectivity index (χ3n) is 3.01. The highest BCUT2D eigenvalue weighted by Gasteiger charge is 2.14. The zero-order chi connectivity index (χ0) is 14.8. The summed E-state index contributed by atoms with van der Waals surface area (Å²) in [7, 11) is 0. The number of aromatic amines is 1. The molecule has 1 atom stereocenters. The van der Waals surface area contributed by atoms with Crippen molar-refractivity contribution in [3.8, 4) is 11.4 Å². The molecule has 1 unspecified atom stereocenters. The molecule has 0 spiro atoms. The van der Waals surface area contributed by atoms with Crippen LogP contribution in [0.4, 0.5) is 0 Å². The molecule has 2 aromatic heterocycles. The van der Waals surface area contributed by atoms with Crippen LogP contribution >= 0.6 is 0 Å². The lowest BCUT2D eigenvalue weighted by molar-refractivity contribution is 0.581. The van der Waals surface area contributed by atoms with Crippen LogP contribution in [0.5, 0.6) is 0 Å². The van der Waals surface area contributed by atoms with Crippen LogP contribution in [-0.4, -0.2) is 30.2 Å². The molecular weight excluding hydrogens is 284 g/mol. The molecular formula is C15H16N4OS. The molecule has 0 bridgehead atoms. The van der Waals surface area contributed by atoms with E-state index in [4.69, 9.17) is 0 Å². The van der Waals surface area contributed by atoms with Gasteiger partial charge in [-0.05, 0) is 41.4 Å². The van der Waals surface area contributed by atoms with E-state index in [0.717, 1.165) is 16.3 Å². The predicted octanol–water partition coefficient (Wildman–Crippen LogP) is 2.78. The van der Waals surface area contributed by atoms with Gasteiger partial charge in [0.25, 0.3) is 0 Å². The number of fused-ring (bicyclic) bond motifs is 1. The van der Waals surface area contributed by atoms with E-state index in [0.29, 0.717) is 23.0 Å². The summed E-state index contributed by atoms with van der Waals surface area (Å²) < 4.78 is 12.1.